The summed E-state index contributed by atoms with van der Waals surface area (Å²) in [6.07, 6.45) is 1.37. The Labute approximate surface area is 114 Å². The molecule has 1 unspecified atom stereocenters. The van der Waals surface area contributed by atoms with Crippen LogP contribution in [0.25, 0.3) is 0 Å². The summed E-state index contributed by atoms with van der Waals surface area (Å²) in [4.78, 5) is 0. The Morgan fingerprint density at radius 3 is 2.75 bits per heavy atom. The van der Waals surface area contributed by atoms with E-state index >= 15 is 0 Å². The van der Waals surface area contributed by atoms with Gasteiger partial charge in [0.05, 0.1) is 8.64 Å². The van der Waals surface area contributed by atoms with Crippen LogP contribution in [0, 0.1) is 2.88 Å². The van der Waals surface area contributed by atoms with Gasteiger partial charge in [-0.2, -0.15) is 0 Å². The van der Waals surface area contributed by atoms with Crippen LogP contribution in [0.15, 0.2) is 11.4 Å². The molecule has 1 atom stereocenters. The highest BCUT2D eigenvalue weighted by molar-refractivity contribution is 14.1. The van der Waals surface area contributed by atoms with Crippen molar-refractivity contribution >= 4 is 43.8 Å². The number of thiophene rings is 1. The number of hydrogen-bond acceptors (Lipinski definition) is 4. The molecule has 1 aromatic heterocycles. The molecule has 1 heterocycles. The van der Waals surface area contributed by atoms with E-state index in [1.54, 1.807) is 18.3 Å². The largest absolute Gasteiger partial charge is 0.324 e. The summed E-state index contributed by atoms with van der Waals surface area (Å²) in [5, 5.41) is 2.04. The van der Waals surface area contributed by atoms with Gasteiger partial charge in [0.2, 0.25) is 0 Å². The summed E-state index contributed by atoms with van der Waals surface area (Å²) >= 11 is 3.92. The molecule has 0 aliphatic heterocycles. The van der Waals surface area contributed by atoms with E-state index in [-0.39, 0.29) is 17.5 Å². The molecule has 0 aromatic carbocycles. The van der Waals surface area contributed by atoms with E-state index < -0.39 is 9.84 Å². The molecular formula is C10H16INO2S2. The van der Waals surface area contributed by atoms with Crippen LogP contribution in [0.4, 0.5) is 0 Å². The molecule has 0 fully saturated rings. The Bertz CT molecular complexity index is 428. The van der Waals surface area contributed by atoms with Gasteiger partial charge in [0, 0.05) is 11.8 Å². The monoisotopic (exact) mass is 373 g/mol. The van der Waals surface area contributed by atoms with Crippen molar-refractivity contribution in [1.82, 2.24) is 0 Å². The van der Waals surface area contributed by atoms with Crippen LogP contribution in [0.5, 0.6) is 0 Å². The highest BCUT2D eigenvalue weighted by atomic mass is 127. The molecule has 0 amide bonds. The first-order valence-corrected chi connectivity index (χ1v) is 8.92. The third-order valence-corrected chi connectivity index (χ3v) is 6.02. The van der Waals surface area contributed by atoms with Gasteiger partial charge >= 0.3 is 0 Å². The van der Waals surface area contributed by atoms with Crippen molar-refractivity contribution in [3.8, 4) is 0 Å². The molecule has 0 saturated heterocycles. The maximum atomic E-state index is 11.3. The first-order chi connectivity index (χ1) is 7.44. The predicted molar refractivity (Wildman–Crippen MR) is 77.5 cm³/mol. The third-order valence-electron chi connectivity index (χ3n) is 2.43. The van der Waals surface area contributed by atoms with Crippen molar-refractivity contribution in [3.63, 3.8) is 0 Å². The summed E-state index contributed by atoms with van der Waals surface area (Å²) in [7, 11) is -2.85. The number of sulfone groups is 1. The molecule has 2 N–H and O–H groups in total. The zero-order valence-corrected chi connectivity index (χ0v) is 12.9. The van der Waals surface area contributed by atoms with Crippen molar-refractivity contribution in [2.24, 2.45) is 5.73 Å². The fourth-order valence-corrected chi connectivity index (χ4v) is 3.68. The average molecular weight is 373 g/mol. The van der Waals surface area contributed by atoms with E-state index in [1.165, 1.54) is 2.88 Å². The molecule has 0 bridgehead atoms. The predicted octanol–water partition coefficient (Wildman–Crippen LogP) is 2.57. The number of rotatable bonds is 6. The second kappa shape index (κ2) is 6.32. The Kier molecular flexibility index (Phi) is 5.69. The normalized spacial score (nSPS) is 13.9. The number of hydrogen-bond donors (Lipinski definition) is 1. The maximum Gasteiger partial charge on any atom is 0.150 e. The Balaban J connectivity index is 2.39. The fraction of sp³-hybridized carbons (Fsp3) is 0.600. The third kappa shape index (κ3) is 4.68. The molecular weight excluding hydrogens is 357 g/mol. The molecule has 16 heavy (non-hydrogen) atoms. The summed E-state index contributed by atoms with van der Waals surface area (Å²) < 4.78 is 23.8. The Morgan fingerprint density at radius 2 is 2.25 bits per heavy atom. The molecule has 92 valence electrons. The summed E-state index contributed by atoms with van der Waals surface area (Å²) in [6, 6.07) is 2.02. The van der Waals surface area contributed by atoms with Crippen molar-refractivity contribution in [2.75, 3.05) is 11.5 Å². The zero-order chi connectivity index (χ0) is 12.2. The molecule has 3 nitrogen and oxygen atoms in total. The molecule has 0 radical (unpaired) electrons. The van der Waals surface area contributed by atoms with E-state index in [4.69, 9.17) is 5.73 Å². The molecule has 1 rings (SSSR count). The SMILES string of the molecule is CCS(=O)(=O)CCCC(N)c1csc(I)c1. The van der Waals surface area contributed by atoms with Crippen LogP contribution < -0.4 is 5.73 Å². The lowest BCUT2D eigenvalue weighted by Gasteiger charge is -2.09. The van der Waals surface area contributed by atoms with Gasteiger partial charge in [0.1, 0.15) is 9.84 Å². The molecule has 6 heteroatoms. The molecule has 0 aliphatic carbocycles. The summed E-state index contributed by atoms with van der Waals surface area (Å²) in [5.74, 6) is 0.469. The standard InChI is InChI=1S/C10H16INO2S2/c1-2-16(13,14)5-3-4-9(12)8-6-10(11)15-7-8/h6-7,9H,2-5,12H2,1H3. The molecule has 0 aliphatic rings. The average Bonchev–Trinajstić information content (AvgIpc) is 2.64. The lowest BCUT2D eigenvalue weighted by molar-refractivity contribution is 0.584. The van der Waals surface area contributed by atoms with Gasteiger partial charge < -0.3 is 5.73 Å². The van der Waals surface area contributed by atoms with E-state index in [0.717, 1.165) is 12.0 Å². The second-order valence-electron chi connectivity index (χ2n) is 3.67. The van der Waals surface area contributed by atoms with Crippen molar-refractivity contribution in [2.45, 2.75) is 25.8 Å². The Morgan fingerprint density at radius 1 is 1.56 bits per heavy atom. The minimum absolute atomic E-state index is 0.0353. The topological polar surface area (TPSA) is 60.2 Å². The lowest BCUT2D eigenvalue weighted by Crippen LogP contribution is -2.13. The van der Waals surface area contributed by atoms with Crippen LogP contribution in [0.1, 0.15) is 31.4 Å². The lowest BCUT2D eigenvalue weighted by atomic mass is 10.1. The van der Waals surface area contributed by atoms with Crippen molar-refractivity contribution < 1.29 is 8.42 Å². The van der Waals surface area contributed by atoms with Gasteiger partial charge in [-0.1, -0.05) is 6.92 Å². The van der Waals surface area contributed by atoms with Gasteiger partial charge in [-0.15, -0.1) is 11.3 Å². The van der Waals surface area contributed by atoms with Gasteiger partial charge in [-0.05, 0) is 52.4 Å². The van der Waals surface area contributed by atoms with Gasteiger partial charge in [0.15, 0.2) is 0 Å². The second-order valence-corrected chi connectivity index (χ2v) is 8.95. The molecule has 0 spiro atoms. The fourth-order valence-electron chi connectivity index (χ4n) is 1.35. The number of halogens is 1. The smallest absolute Gasteiger partial charge is 0.150 e. The zero-order valence-electron chi connectivity index (χ0n) is 9.15. The van der Waals surface area contributed by atoms with Crippen molar-refractivity contribution in [1.29, 1.82) is 0 Å². The van der Waals surface area contributed by atoms with Crippen LogP contribution in [0.2, 0.25) is 0 Å². The van der Waals surface area contributed by atoms with Crippen LogP contribution in [-0.4, -0.2) is 19.9 Å². The van der Waals surface area contributed by atoms with E-state index in [0.29, 0.717) is 6.42 Å². The molecule has 0 saturated carbocycles. The van der Waals surface area contributed by atoms with Gasteiger partial charge in [0.25, 0.3) is 0 Å². The maximum absolute atomic E-state index is 11.3. The summed E-state index contributed by atoms with van der Waals surface area (Å²) in [6.45, 7) is 1.68. The van der Waals surface area contributed by atoms with Crippen molar-refractivity contribution in [3.05, 3.63) is 19.9 Å². The van der Waals surface area contributed by atoms with Gasteiger partial charge in [-0.3, -0.25) is 0 Å². The highest BCUT2D eigenvalue weighted by Crippen LogP contribution is 2.23. The molecule has 1 aromatic rings. The minimum Gasteiger partial charge on any atom is -0.324 e. The quantitative estimate of drug-likeness (QED) is 0.780. The van der Waals surface area contributed by atoms with Crippen LogP contribution >= 0.6 is 33.9 Å². The Hall–Kier alpha value is 0.340. The minimum atomic E-state index is -2.85. The highest BCUT2D eigenvalue weighted by Gasteiger charge is 2.11. The van der Waals surface area contributed by atoms with E-state index in [2.05, 4.69) is 28.7 Å². The first-order valence-electron chi connectivity index (χ1n) is 5.14. The van der Waals surface area contributed by atoms with Gasteiger partial charge in [-0.25, -0.2) is 8.42 Å². The van der Waals surface area contributed by atoms with Crippen LogP contribution in [0.3, 0.4) is 0 Å². The van der Waals surface area contributed by atoms with Crippen LogP contribution in [-0.2, 0) is 9.84 Å². The van der Waals surface area contributed by atoms with E-state index in [1.807, 2.05) is 5.38 Å². The number of nitrogens with two attached hydrogens (primary N) is 1. The first kappa shape index (κ1) is 14.4. The summed E-state index contributed by atoms with van der Waals surface area (Å²) in [5.41, 5.74) is 7.10. The van der Waals surface area contributed by atoms with E-state index in [9.17, 15) is 8.42 Å².